The average molecular weight is 371 g/mol. The maximum Gasteiger partial charge on any atom is 0.191 e. The summed E-state index contributed by atoms with van der Waals surface area (Å²) in [6.45, 7) is 8.00. The summed E-state index contributed by atoms with van der Waals surface area (Å²) in [4.78, 5) is 8.71. The maximum absolute atomic E-state index is 4.82. The van der Waals surface area contributed by atoms with E-state index < -0.39 is 0 Å². The van der Waals surface area contributed by atoms with Crippen molar-refractivity contribution in [2.45, 2.75) is 45.8 Å². The first kappa shape index (κ1) is 18.9. The third kappa shape index (κ3) is 5.85. The quantitative estimate of drug-likeness (QED) is 0.572. The Balaban J connectivity index is 1.62. The molecule has 0 aliphatic carbocycles. The van der Waals surface area contributed by atoms with Crippen molar-refractivity contribution < 1.29 is 0 Å². The van der Waals surface area contributed by atoms with E-state index in [4.69, 9.17) is 4.99 Å². The van der Waals surface area contributed by atoms with E-state index >= 15 is 0 Å². The lowest BCUT2D eigenvalue weighted by Crippen LogP contribution is -2.36. The molecule has 2 heterocycles. The van der Waals surface area contributed by atoms with Gasteiger partial charge in [-0.25, -0.2) is 4.99 Å². The average Bonchev–Trinajstić information content (AvgIpc) is 3.19. The van der Waals surface area contributed by atoms with Crippen LogP contribution in [0.1, 0.15) is 42.2 Å². The van der Waals surface area contributed by atoms with Gasteiger partial charge in [0.05, 0.1) is 13.1 Å². The number of benzene rings is 1. The van der Waals surface area contributed by atoms with Crippen LogP contribution in [-0.2, 0) is 19.6 Å². The van der Waals surface area contributed by atoms with Crippen LogP contribution in [0.15, 0.2) is 46.8 Å². The first-order chi connectivity index (χ1) is 12.8. The van der Waals surface area contributed by atoms with Gasteiger partial charge in [0.2, 0.25) is 0 Å². The summed E-state index contributed by atoms with van der Waals surface area (Å²) < 4.78 is 0. The van der Waals surface area contributed by atoms with Gasteiger partial charge >= 0.3 is 0 Å². The third-order valence-corrected chi connectivity index (χ3v) is 5.60. The van der Waals surface area contributed by atoms with E-state index in [1.807, 2.05) is 0 Å². The van der Waals surface area contributed by atoms with Crippen LogP contribution in [0.2, 0.25) is 0 Å². The molecule has 0 bridgehead atoms. The summed E-state index contributed by atoms with van der Waals surface area (Å²) in [5.41, 5.74) is 2.73. The molecule has 0 amide bonds. The monoisotopic (exact) mass is 370 g/mol. The highest BCUT2D eigenvalue weighted by atomic mass is 32.1. The molecule has 1 aromatic heterocycles. The molecule has 4 nitrogen and oxygen atoms in total. The fourth-order valence-corrected chi connectivity index (χ4v) is 3.96. The molecule has 1 fully saturated rings. The highest BCUT2D eigenvalue weighted by Gasteiger charge is 2.12. The highest BCUT2D eigenvalue weighted by Crippen LogP contribution is 2.17. The van der Waals surface area contributed by atoms with Gasteiger partial charge in [-0.05, 0) is 55.4 Å². The molecule has 1 aromatic carbocycles. The number of nitrogens with zero attached hydrogens (tertiary/aromatic N) is 2. The minimum atomic E-state index is 0.712. The van der Waals surface area contributed by atoms with Crippen molar-refractivity contribution in [3.63, 3.8) is 0 Å². The Hall–Kier alpha value is -1.85. The number of thiophene rings is 1. The molecule has 1 saturated heterocycles. The van der Waals surface area contributed by atoms with Crippen LogP contribution in [0, 0.1) is 0 Å². The van der Waals surface area contributed by atoms with Crippen LogP contribution in [0.5, 0.6) is 0 Å². The summed E-state index contributed by atoms with van der Waals surface area (Å²) in [7, 11) is 0. The molecule has 3 rings (SSSR count). The van der Waals surface area contributed by atoms with E-state index in [0.29, 0.717) is 6.54 Å². The number of piperidine rings is 1. The smallest absolute Gasteiger partial charge is 0.191 e. The summed E-state index contributed by atoms with van der Waals surface area (Å²) in [5.74, 6) is 0.883. The van der Waals surface area contributed by atoms with Crippen LogP contribution in [-0.4, -0.2) is 30.5 Å². The normalized spacial score (nSPS) is 15.8. The Morgan fingerprint density at radius 3 is 2.58 bits per heavy atom. The molecular formula is C21H30N4S. The van der Waals surface area contributed by atoms with E-state index in [0.717, 1.165) is 25.6 Å². The Bertz CT molecular complexity index is 675. The number of hydrogen-bond donors (Lipinski definition) is 2. The SMILES string of the molecule is CCNC(=NCc1ccccc1CN1CCCCC1)NCc1cccs1. The van der Waals surface area contributed by atoms with Gasteiger partial charge in [-0.3, -0.25) is 4.90 Å². The van der Waals surface area contributed by atoms with Crippen molar-refractivity contribution in [1.82, 2.24) is 15.5 Å². The molecule has 0 spiro atoms. The number of rotatable bonds is 7. The van der Waals surface area contributed by atoms with Crippen molar-refractivity contribution in [3.05, 3.63) is 57.8 Å². The zero-order valence-electron chi connectivity index (χ0n) is 15.7. The first-order valence-electron chi connectivity index (χ1n) is 9.69. The fourth-order valence-electron chi connectivity index (χ4n) is 3.31. The number of nitrogens with one attached hydrogen (secondary N) is 2. The highest BCUT2D eigenvalue weighted by molar-refractivity contribution is 7.09. The Kier molecular flexibility index (Phi) is 7.52. The lowest BCUT2D eigenvalue weighted by molar-refractivity contribution is 0.220. The summed E-state index contributed by atoms with van der Waals surface area (Å²) in [6, 6.07) is 13.0. The van der Waals surface area contributed by atoms with Crippen LogP contribution in [0.4, 0.5) is 0 Å². The van der Waals surface area contributed by atoms with Gasteiger partial charge < -0.3 is 10.6 Å². The second-order valence-corrected chi connectivity index (χ2v) is 7.77. The Morgan fingerprint density at radius 2 is 1.85 bits per heavy atom. The number of aliphatic imine (C=N–C) groups is 1. The largest absolute Gasteiger partial charge is 0.357 e. The van der Waals surface area contributed by atoms with Crippen molar-refractivity contribution >= 4 is 17.3 Å². The number of likely N-dealkylation sites (tertiary alicyclic amines) is 1. The predicted octanol–water partition coefficient (Wildman–Crippen LogP) is 3.99. The van der Waals surface area contributed by atoms with Crippen LogP contribution >= 0.6 is 11.3 Å². The lowest BCUT2D eigenvalue weighted by atomic mass is 10.1. The molecule has 0 unspecified atom stereocenters. The van der Waals surface area contributed by atoms with Gasteiger partial charge in [0.25, 0.3) is 0 Å². The van der Waals surface area contributed by atoms with E-state index in [9.17, 15) is 0 Å². The standard InChI is InChI=1S/C21H30N4S/c1-2-22-21(24-16-20-11-8-14-26-20)23-15-18-9-4-5-10-19(18)17-25-12-6-3-7-13-25/h4-5,8-11,14H,2-3,6-7,12-13,15-17H2,1H3,(H2,22,23,24). The van der Waals surface area contributed by atoms with E-state index in [2.05, 4.69) is 64.2 Å². The van der Waals surface area contributed by atoms with Crippen molar-refractivity contribution in [1.29, 1.82) is 0 Å². The zero-order chi connectivity index (χ0) is 18.0. The van der Waals surface area contributed by atoms with Gasteiger partial charge in [-0.15, -0.1) is 11.3 Å². The molecule has 0 radical (unpaired) electrons. The van der Waals surface area contributed by atoms with Crippen LogP contribution in [0.3, 0.4) is 0 Å². The van der Waals surface area contributed by atoms with Gasteiger partial charge in [-0.1, -0.05) is 36.8 Å². The molecule has 0 saturated carbocycles. The van der Waals surface area contributed by atoms with Gasteiger partial charge in [0.1, 0.15) is 0 Å². The maximum atomic E-state index is 4.82. The molecule has 26 heavy (non-hydrogen) atoms. The zero-order valence-corrected chi connectivity index (χ0v) is 16.5. The number of guanidine groups is 1. The van der Waals surface area contributed by atoms with Gasteiger partial charge in [0, 0.05) is 18.0 Å². The summed E-state index contributed by atoms with van der Waals surface area (Å²) in [6.07, 6.45) is 4.04. The molecule has 1 aliphatic rings. The first-order valence-corrected chi connectivity index (χ1v) is 10.6. The van der Waals surface area contributed by atoms with Crippen molar-refractivity contribution in [3.8, 4) is 0 Å². The summed E-state index contributed by atoms with van der Waals surface area (Å²) >= 11 is 1.77. The molecular weight excluding hydrogens is 340 g/mol. The molecule has 1 aliphatic heterocycles. The van der Waals surface area contributed by atoms with Crippen molar-refractivity contribution in [2.75, 3.05) is 19.6 Å². The Morgan fingerprint density at radius 1 is 1.04 bits per heavy atom. The molecule has 0 atom stereocenters. The Labute approximate surface area is 161 Å². The lowest BCUT2D eigenvalue weighted by Gasteiger charge is -2.27. The third-order valence-electron chi connectivity index (χ3n) is 4.72. The van der Waals surface area contributed by atoms with E-state index in [1.165, 1.54) is 48.4 Å². The van der Waals surface area contributed by atoms with Gasteiger partial charge in [0.15, 0.2) is 5.96 Å². The molecule has 2 aromatic rings. The minimum absolute atomic E-state index is 0.712. The second kappa shape index (κ2) is 10.3. The fraction of sp³-hybridized carbons (Fsp3) is 0.476. The van der Waals surface area contributed by atoms with Crippen LogP contribution in [0.25, 0.3) is 0 Å². The molecule has 5 heteroatoms. The molecule has 2 N–H and O–H groups in total. The van der Waals surface area contributed by atoms with Gasteiger partial charge in [-0.2, -0.15) is 0 Å². The van der Waals surface area contributed by atoms with Crippen molar-refractivity contribution in [2.24, 2.45) is 4.99 Å². The minimum Gasteiger partial charge on any atom is -0.357 e. The summed E-state index contributed by atoms with van der Waals surface area (Å²) in [5, 5.41) is 8.89. The topological polar surface area (TPSA) is 39.7 Å². The van der Waals surface area contributed by atoms with E-state index in [-0.39, 0.29) is 0 Å². The van der Waals surface area contributed by atoms with E-state index in [1.54, 1.807) is 11.3 Å². The predicted molar refractivity (Wildman–Crippen MR) is 112 cm³/mol. The van der Waals surface area contributed by atoms with Crippen LogP contribution < -0.4 is 10.6 Å². The second-order valence-electron chi connectivity index (χ2n) is 6.73. The number of hydrogen-bond acceptors (Lipinski definition) is 3. The molecule has 140 valence electrons.